The van der Waals surface area contributed by atoms with Crippen molar-refractivity contribution < 1.29 is 14.3 Å². The first-order valence-electron chi connectivity index (χ1n) is 6.80. The lowest BCUT2D eigenvalue weighted by molar-refractivity contribution is 0.0930. The standard InChI is InChI=1S/C14H18N4O4/c1-21-8-6-16-13(19)11-14(20)18(7-9-22-2)12-10(17-11)4-3-5-15-12/h3-5H,6-9H2,1-2H3,(H,16,19). The Morgan fingerprint density at radius 2 is 2.09 bits per heavy atom. The van der Waals surface area contributed by atoms with Crippen molar-refractivity contribution in [2.24, 2.45) is 0 Å². The van der Waals surface area contributed by atoms with Crippen molar-refractivity contribution >= 4 is 17.1 Å². The maximum Gasteiger partial charge on any atom is 0.283 e. The molecule has 8 nitrogen and oxygen atoms in total. The van der Waals surface area contributed by atoms with Gasteiger partial charge in [-0.3, -0.25) is 14.2 Å². The lowest BCUT2D eigenvalue weighted by Gasteiger charge is -2.11. The molecule has 1 amide bonds. The van der Waals surface area contributed by atoms with Crippen LogP contribution in [0.5, 0.6) is 0 Å². The van der Waals surface area contributed by atoms with Crippen molar-refractivity contribution in [3.63, 3.8) is 0 Å². The number of ether oxygens (including phenoxy) is 2. The molecule has 0 saturated heterocycles. The molecule has 0 aliphatic rings. The summed E-state index contributed by atoms with van der Waals surface area (Å²) in [5.41, 5.74) is 0.263. The molecule has 2 rings (SSSR count). The molecular formula is C14H18N4O4. The third kappa shape index (κ3) is 3.46. The number of methoxy groups -OCH3 is 2. The number of carbonyl (C=O) groups excluding carboxylic acids is 1. The number of pyridine rings is 1. The highest BCUT2D eigenvalue weighted by atomic mass is 16.5. The Bertz CT molecular complexity index is 714. The van der Waals surface area contributed by atoms with Crippen molar-refractivity contribution in [1.29, 1.82) is 0 Å². The summed E-state index contributed by atoms with van der Waals surface area (Å²) in [5.74, 6) is -0.529. The average molecular weight is 306 g/mol. The summed E-state index contributed by atoms with van der Waals surface area (Å²) in [6.45, 7) is 1.29. The monoisotopic (exact) mass is 306 g/mol. The van der Waals surface area contributed by atoms with Crippen LogP contribution in [0.4, 0.5) is 0 Å². The van der Waals surface area contributed by atoms with E-state index in [4.69, 9.17) is 9.47 Å². The Labute approximate surface area is 127 Å². The van der Waals surface area contributed by atoms with Crippen molar-refractivity contribution in [2.75, 3.05) is 34.0 Å². The van der Waals surface area contributed by atoms with E-state index in [0.717, 1.165) is 0 Å². The van der Waals surface area contributed by atoms with Gasteiger partial charge >= 0.3 is 0 Å². The van der Waals surface area contributed by atoms with Crippen LogP contribution >= 0.6 is 0 Å². The van der Waals surface area contributed by atoms with E-state index in [1.54, 1.807) is 25.4 Å². The van der Waals surface area contributed by atoms with Gasteiger partial charge < -0.3 is 14.8 Å². The third-order valence-corrected chi connectivity index (χ3v) is 3.03. The minimum absolute atomic E-state index is 0.160. The number of amides is 1. The predicted octanol–water partition coefficient (Wildman–Crippen LogP) is -0.186. The summed E-state index contributed by atoms with van der Waals surface area (Å²) in [7, 11) is 3.07. The van der Waals surface area contributed by atoms with Crippen molar-refractivity contribution in [1.82, 2.24) is 19.9 Å². The Morgan fingerprint density at radius 3 is 2.82 bits per heavy atom. The first kappa shape index (κ1) is 16.1. The number of carbonyl (C=O) groups is 1. The zero-order valence-corrected chi connectivity index (χ0v) is 12.5. The second kappa shape index (κ2) is 7.62. The number of aromatic nitrogens is 3. The topological polar surface area (TPSA) is 95.3 Å². The van der Waals surface area contributed by atoms with E-state index in [1.165, 1.54) is 11.7 Å². The highest BCUT2D eigenvalue weighted by molar-refractivity contribution is 5.93. The molecule has 0 aliphatic carbocycles. The van der Waals surface area contributed by atoms with E-state index in [2.05, 4.69) is 15.3 Å². The van der Waals surface area contributed by atoms with E-state index in [-0.39, 0.29) is 5.69 Å². The Hall–Kier alpha value is -2.32. The summed E-state index contributed by atoms with van der Waals surface area (Å²) in [6, 6.07) is 3.41. The lowest BCUT2D eigenvalue weighted by atomic mass is 10.3. The number of hydrogen-bond acceptors (Lipinski definition) is 6. The number of fused-ring (bicyclic) bond motifs is 1. The molecule has 118 valence electrons. The number of nitrogens with one attached hydrogen (secondary N) is 1. The first-order valence-corrected chi connectivity index (χ1v) is 6.80. The van der Waals surface area contributed by atoms with Gasteiger partial charge in [-0.05, 0) is 12.1 Å². The Kier molecular flexibility index (Phi) is 5.56. The molecule has 0 atom stereocenters. The van der Waals surface area contributed by atoms with Crippen LogP contribution in [0.3, 0.4) is 0 Å². The van der Waals surface area contributed by atoms with Crippen LogP contribution in [-0.2, 0) is 16.0 Å². The fraction of sp³-hybridized carbons (Fsp3) is 0.429. The van der Waals surface area contributed by atoms with Gasteiger partial charge in [-0.2, -0.15) is 0 Å². The number of rotatable bonds is 7. The Morgan fingerprint density at radius 1 is 1.32 bits per heavy atom. The first-order chi connectivity index (χ1) is 10.7. The van der Waals surface area contributed by atoms with E-state index in [0.29, 0.717) is 37.5 Å². The quantitative estimate of drug-likeness (QED) is 0.713. The summed E-state index contributed by atoms with van der Waals surface area (Å²) >= 11 is 0. The van der Waals surface area contributed by atoms with Gasteiger partial charge in [-0.25, -0.2) is 9.97 Å². The summed E-state index contributed by atoms with van der Waals surface area (Å²) < 4.78 is 11.3. The molecule has 0 bridgehead atoms. The van der Waals surface area contributed by atoms with E-state index < -0.39 is 11.5 Å². The molecule has 0 aliphatic heterocycles. The SMILES string of the molecule is COCCNC(=O)c1nc2cccnc2n(CCOC)c1=O. The van der Waals surface area contributed by atoms with Crippen LogP contribution in [0.25, 0.3) is 11.2 Å². The highest BCUT2D eigenvalue weighted by Crippen LogP contribution is 2.06. The molecule has 0 unspecified atom stereocenters. The van der Waals surface area contributed by atoms with Crippen LogP contribution in [0, 0.1) is 0 Å². The van der Waals surface area contributed by atoms with E-state index in [9.17, 15) is 9.59 Å². The number of hydrogen-bond donors (Lipinski definition) is 1. The summed E-state index contributed by atoms with van der Waals surface area (Å²) in [6.07, 6.45) is 1.57. The molecule has 0 saturated carbocycles. The van der Waals surface area contributed by atoms with Gasteiger partial charge in [0, 0.05) is 27.0 Å². The molecule has 2 aromatic rings. The van der Waals surface area contributed by atoms with Gasteiger partial charge in [0.25, 0.3) is 11.5 Å². The van der Waals surface area contributed by atoms with Crippen LogP contribution in [-0.4, -0.2) is 54.4 Å². The minimum atomic E-state index is -0.529. The molecule has 2 heterocycles. The highest BCUT2D eigenvalue weighted by Gasteiger charge is 2.17. The molecule has 2 aromatic heterocycles. The molecule has 0 radical (unpaired) electrons. The molecule has 0 aromatic carbocycles. The third-order valence-electron chi connectivity index (χ3n) is 3.03. The minimum Gasteiger partial charge on any atom is -0.383 e. The summed E-state index contributed by atoms with van der Waals surface area (Å²) in [5, 5.41) is 2.60. The molecule has 8 heteroatoms. The molecule has 1 N–H and O–H groups in total. The van der Waals surface area contributed by atoms with Gasteiger partial charge in [0.2, 0.25) is 0 Å². The van der Waals surface area contributed by atoms with E-state index >= 15 is 0 Å². The zero-order valence-electron chi connectivity index (χ0n) is 12.5. The van der Waals surface area contributed by atoms with Gasteiger partial charge in [0.15, 0.2) is 11.3 Å². The normalized spacial score (nSPS) is 10.8. The van der Waals surface area contributed by atoms with Gasteiger partial charge in [-0.1, -0.05) is 0 Å². The van der Waals surface area contributed by atoms with Gasteiger partial charge in [0.1, 0.15) is 5.52 Å². The molecular weight excluding hydrogens is 288 g/mol. The largest absolute Gasteiger partial charge is 0.383 e. The zero-order chi connectivity index (χ0) is 15.9. The van der Waals surface area contributed by atoms with Crippen molar-refractivity contribution in [3.05, 3.63) is 34.4 Å². The maximum atomic E-state index is 12.5. The van der Waals surface area contributed by atoms with E-state index in [1.807, 2.05) is 0 Å². The summed E-state index contributed by atoms with van der Waals surface area (Å²) in [4.78, 5) is 32.9. The van der Waals surface area contributed by atoms with Gasteiger partial charge in [0.05, 0.1) is 19.8 Å². The second-order valence-corrected chi connectivity index (χ2v) is 4.50. The predicted molar refractivity (Wildman–Crippen MR) is 79.9 cm³/mol. The second-order valence-electron chi connectivity index (χ2n) is 4.50. The van der Waals surface area contributed by atoms with Crippen LogP contribution in [0.15, 0.2) is 23.1 Å². The molecule has 0 fully saturated rings. The number of nitrogens with zero attached hydrogens (tertiary/aromatic N) is 3. The van der Waals surface area contributed by atoms with Crippen molar-refractivity contribution in [3.8, 4) is 0 Å². The van der Waals surface area contributed by atoms with Crippen molar-refractivity contribution in [2.45, 2.75) is 6.54 Å². The lowest BCUT2D eigenvalue weighted by Crippen LogP contribution is -2.36. The fourth-order valence-electron chi connectivity index (χ4n) is 1.96. The van der Waals surface area contributed by atoms with Crippen LogP contribution < -0.4 is 10.9 Å². The van der Waals surface area contributed by atoms with Crippen LogP contribution in [0.1, 0.15) is 10.5 Å². The fourth-order valence-corrected chi connectivity index (χ4v) is 1.96. The molecule has 22 heavy (non-hydrogen) atoms. The smallest absolute Gasteiger partial charge is 0.283 e. The Balaban J connectivity index is 2.44. The maximum absolute atomic E-state index is 12.5. The van der Waals surface area contributed by atoms with Gasteiger partial charge in [-0.15, -0.1) is 0 Å². The molecule has 0 spiro atoms. The average Bonchev–Trinajstić information content (AvgIpc) is 2.53. The van der Waals surface area contributed by atoms with Crippen LogP contribution in [0.2, 0.25) is 0 Å².